The Labute approximate surface area is 131 Å². The number of benzene rings is 1. The quantitative estimate of drug-likeness (QED) is 0.839. The zero-order valence-corrected chi connectivity index (χ0v) is 13.1. The van der Waals surface area contributed by atoms with Gasteiger partial charge in [-0.2, -0.15) is 0 Å². The van der Waals surface area contributed by atoms with E-state index in [1.165, 1.54) is 13.3 Å². The molecule has 1 aromatic heterocycles. The molecule has 21 heavy (non-hydrogen) atoms. The molecule has 0 bridgehead atoms. The maximum absolute atomic E-state index is 11.3. The number of hydrogen-bond acceptors (Lipinski definition) is 5. The highest BCUT2D eigenvalue weighted by Crippen LogP contribution is 2.23. The van der Waals surface area contributed by atoms with Gasteiger partial charge in [0, 0.05) is 22.8 Å². The Morgan fingerprint density at radius 3 is 2.76 bits per heavy atom. The monoisotopic (exact) mass is 350 g/mol. The lowest BCUT2D eigenvalue weighted by molar-refractivity contribution is 0.0600. The summed E-state index contributed by atoms with van der Waals surface area (Å²) in [4.78, 5) is 15.5. The molecular weight excluding hydrogens is 336 g/mol. The van der Waals surface area contributed by atoms with Crippen molar-refractivity contribution in [2.75, 3.05) is 7.11 Å². The smallest absolute Gasteiger partial charge is 0.339 e. The van der Waals surface area contributed by atoms with Gasteiger partial charge in [-0.3, -0.25) is 4.98 Å². The van der Waals surface area contributed by atoms with E-state index in [2.05, 4.69) is 25.7 Å². The Kier molecular flexibility index (Phi) is 5.30. The predicted molar refractivity (Wildman–Crippen MR) is 81.9 cm³/mol. The predicted octanol–water partition coefficient (Wildman–Crippen LogP) is 2.67. The van der Waals surface area contributed by atoms with Crippen molar-refractivity contribution in [1.29, 1.82) is 0 Å². The number of pyridine rings is 1. The van der Waals surface area contributed by atoms with E-state index >= 15 is 0 Å². The van der Waals surface area contributed by atoms with Crippen molar-refractivity contribution >= 4 is 21.9 Å². The first-order valence-electron chi connectivity index (χ1n) is 6.28. The Bertz CT molecular complexity index is 629. The molecule has 0 spiro atoms. The van der Waals surface area contributed by atoms with E-state index in [0.29, 0.717) is 24.4 Å². The Morgan fingerprint density at radius 2 is 2.14 bits per heavy atom. The molecule has 5 nitrogen and oxygen atoms in total. The molecule has 0 saturated carbocycles. The molecule has 1 aromatic carbocycles. The summed E-state index contributed by atoms with van der Waals surface area (Å²) < 4.78 is 11.3. The van der Waals surface area contributed by atoms with Crippen LogP contribution in [0.3, 0.4) is 0 Å². The lowest BCUT2D eigenvalue weighted by atomic mass is 10.2. The number of ether oxygens (including phenoxy) is 2. The normalized spacial score (nSPS) is 10.2. The van der Waals surface area contributed by atoms with Gasteiger partial charge in [-0.05, 0) is 30.3 Å². The number of nitrogens with zero attached hydrogens (tertiary/aromatic N) is 1. The minimum atomic E-state index is -0.409. The number of methoxy groups -OCH3 is 1. The largest absolute Gasteiger partial charge is 0.487 e. The topological polar surface area (TPSA) is 74.4 Å². The van der Waals surface area contributed by atoms with Gasteiger partial charge in [0.1, 0.15) is 12.4 Å². The molecule has 0 aliphatic rings. The van der Waals surface area contributed by atoms with Gasteiger partial charge in [-0.1, -0.05) is 15.9 Å². The van der Waals surface area contributed by atoms with E-state index in [1.807, 2.05) is 18.2 Å². The number of aromatic nitrogens is 1. The van der Waals surface area contributed by atoms with Gasteiger partial charge in [0.15, 0.2) is 0 Å². The molecular formula is C15H15BrN2O3. The van der Waals surface area contributed by atoms with Crippen LogP contribution < -0.4 is 10.5 Å². The van der Waals surface area contributed by atoms with Crippen molar-refractivity contribution in [2.45, 2.75) is 13.2 Å². The van der Waals surface area contributed by atoms with Gasteiger partial charge in [0.05, 0.1) is 18.4 Å². The van der Waals surface area contributed by atoms with Crippen LogP contribution >= 0.6 is 15.9 Å². The third-order valence-corrected chi connectivity index (χ3v) is 3.36. The molecule has 0 amide bonds. The molecule has 1 heterocycles. The van der Waals surface area contributed by atoms with E-state index in [1.54, 1.807) is 12.1 Å². The van der Waals surface area contributed by atoms with E-state index in [-0.39, 0.29) is 0 Å². The summed E-state index contributed by atoms with van der Waals surface area (Å²) in [7, 11) is 1.33. The van der Waals surface area contributed by atoms with Crippen LogP contribution in [0.1, 0.15) is 21.6 Å². The number of carbonyl (C=O) groups is 1. The second kappa shape index (κ2) is 7.19. The molecule has 0 radical (unpaired) electrons. The number of carbonyl (C=O) groups excluding carboxylic acids is 1. The Morgan fingerprint density at radius 1 is 1.33 bits per heavy atom. The number of rotatable bonds is 5. The maximum atomic E-state index is 11.3. The molecule has 2 rings (SSSR count). The average molecular weight is 351 g/mol. The molecule has 0 atom stereocenters. The van der Waals surface area contributed by atoms with Crippen LogP contribution in [0.5, 0.6) is 5.75 Å². The van der Waals surface area contributed by atoms with Crippen LogP contribution in [0.25, 0.3) is 0 Å². The van der Waals surface area contributed by atoms with Crippen molar-refractivity contribution in [2.24, 2.45) is 5.73 Å². The lowest BCUT2D eigenvalue weighted by Crippen LogP contribution is -2.05. The van der Waals surface area contributed by atoms with Gasteiger partial charge in [-0.15, -0.1) is 0 Å². The lowest BCUT2D eigenvalue weighted by Gasteiger charge is -2.10. The van der Waals surface area contributed by atoms with Crippen LogP contribution in [-0.2, 0) is 17.9 Å². The minimum absolute atomic E-state index is 0.302. The summed E-state index contributed by atoms with van der Waals surface area (Å²) in [5.74, 6) is 0.313. The first-order valence-corrected chi connectivity index (χ1v) is 7.08. The molecule has 0 aliphatic carbocycles. The average Bonchev–Trinajstić information content (AvgIpc) is 2.53. The summed E-state index contributed by atoms with van der Waals surface area (Å²) in [5, 5.41) is 0. The second-order valence-corrected chi connectivity index (χ2v) is 5.19. The molecule has 110 valence electrons. The first-order chi connectivity index (χ1) is 10.1. The van der Waals surface area contributed by atoms with Gasteiger partial charge in [0.25, 0.3) is 0 Å². The fourth-order valence-electron chi connectivity index (χ4n) is 1.75. The van der Waals surface area contributed by atoms with Crippen LogP contribution in [0.4, 0.5) is 0 Å². The third kappa shape index (κ3) is 4.03. The van der Waals surface area contributed by atoms with Gasteiger partial charge >= 0.3 is 5.97 Å². The molecule has 0 aliphatic heterocycles. The Balaban J connectivity index is 2.05. The first kappa shape index (κ1) is 15.5. The summed E-state index contributed by atoms with van der Waals surface area (Å²) in [5.41, 5.74) is 7.73. The number of esters is 1. The summed E-state index contributed by atoms with van der Waals surface area (Å²) >= 11 is 3.39. The zero-order chi connectivity index (χ0) is 15.2. The van der Waals surface area contributed by atoms with Crippen molar-refractivity contribution in [1.82, 2.24) is 4.98 Å². The van der Waals surface area contributed by atoms with Crippen LogP contribution in [0, 0.1) is 0 Å². The molecule has 0 fully saturated rings. The number of nitrogens with two attached hydrogens (primary N) is 1. The van der Waals surface area contributed by atoms with E-state index in [4.69, 9.17) is 10.5 Å². The van der Waals surface area contributed by atoms with Crippen LogP contribution in [0.2, 0.25) is 0 Å². The highest BCUT2D eigenvalue weighted by atomic mass is 79.9. The summed E-state index contributed by atoms with van der Waals surface area (Å²) in [6.07, 6.45) is 1.47. The van der Waals surface area contributed by atoms with Crippen molar-refractivity contribution in [3.8, 4) is 5.75 Å². The zero-order valence-electron chi connectivity index (χ0n) is 11.5. The van der Waals surface area contributed by atoms with Gasteiger partial charge in [0.2, 0.25) is 0 Å². The molecule has 0 unspecified atom stereocenters. The minimum Gasteiger partial charge on any atom is -0.487 e. The molecule has 0 saturated heterocycles. The fourth-order valence-corrected chi connectivity index (χ4v) is 2.16. The van der Waals surface area contributed by atoms with Crippen molar-refractivity contribution < 1.29 is 14.3 Å². The van der Waals surface area contributed by atoms with Gasteiger partial charge in [-0.25, -0.2) is 4.79 Å². The highest BCUT2D eigenvalue weighted by molar-refractivity contribution is 9.10. The van der Waals surface area contributed by atoms with Crippen LogP contribution in [-0.4, -0.2) is 18.1 Å². The standard InChI is InChI=1S/C15H15BrN2O3/c1-20-15(19)10-2-4-13(18-8-10)9-21-14-5-3-12(16)6-11(14)7-17/h2-6,8H,7,9,17H2,1H3. The highest BCUT2D eigenvalue weighted by Gasteiger charge is 2.07. The summed E-state index contributed by atoms with van der Waals surface area (Å²) in [6.45, 7) is 0.694. The maximum Gasteiger partial charge on any atom is 0.339 e. The second-order valence-electron chi connectivity index (χ2n) is 4.27. The van der Waals surface area contributed by atoms with Crippen molar-refractivity contribution in [3.05, 3.63) is 57.8 Å². The Hall–Kier alpha value is -1.92. The van der Waals surface area contributed by atoms with Gasteiger partial charge < -0.3 is 15.2 Å². The number of halogens is 1. The van der Waals surface area contributed by atoms with Crippen molar-refractivity contribution in [3.63, 3.8) is 0 Å². The molecule has 2 N–H and O–H groups in total. The fraction of sp³-hybridized carbons (Fsp3) is 0.200. The van der Waals surface area contributed by atoms with Crippen LogP contribution in [0.15, 0.2) is 41.0 Å². The van der Waals surface area contributed by atoms with E-state index < -0.39 is 5.97 Å². The molecule has 2 aromatic rings. The van der Waals surface area contributed by atoms with E-state index in [0.717, 1.165) is 15.8 Å². The van der Waals surface area contributed by atoms with E-state index in [9.17, 15) is 4.79 Å². The number of hydrogen-bond donors (Lipinski definition) is 1. The third-order valence-electron chi connectivity index (χ3n) is 2.86. The summed E-state index contributed by atoms with van der Waals surface area (Å²) in [6, 6.07) is 9.05. The SMILES string of the molecule is COC(=O)c1ccc(COc2ccc(Br)cc2CN)nc1. The molecule has 6 heteroatoms.